The second-order valence-electron chi connectivity index (χ2n) is 12.2. The van der Waals surface area contributed by atoms with Gasteiger partial charge in [-0.05, 0) is 91.7 Å². The van der Waals surface area contributed by atoms with Crippen LogP contribution in [0.25, 0.3) is 0 Å². The molecule has 0 saturated heterocycles. The molecule has 8 heteroatoms. The first-order valence-electron chi connectivity index (χ1n) is 15.2. The summed E-state index contributed by atoms with van der Waals surface area (Å²) in [6.07, 6.45) is 1.84. The molecule has 2 aliphatic carbocycles. The van der Waals surface area contributed by atoms with Crippen molar-refractivity contribution in [2.24, 2.45) is 29.6 Å². The normalized spacial score (nSPS) is 23.3. The van der Waals surface area contributed by atoms with Gasteiger partial charge in [0.15, 0.2) is 0 Å². The quantitative estimate of drug-likeness (QED) is 0.164. The summed E-state index contributed by atoms with van der Waals surface area (Å²) in [6.45, 7) is 3.75. The van der Waals surface area contributed by atoms with E-state index in [9.17, 15) is 16.8 Å². The van der Waals surface area contributed by atoms with Crippen LogP contribution in [0.1, 0.15) is 41.0 Å². The molecule has 0 amide bonds. The van der Waals surface area contributed by atoms with E-state index in [0.29, 0.717) is 0 Å². The first-order chi connectivity index (χ1) is 21.1. The highest BCUT2D eigenvalue weighted by molar-refractivity contribution is 7.87. The zero-order valence-electron chi connectivity index (χ0n) is 25.0. The van der Waals surface area contributed by atoms with Crippen LogP contribution in [-0.2, 0) is 28.6 Å². The lowest BCUT2D eigenvalue weighted by atomic mass is 9.75. The maximum atomic E-state index is 13.3. The molecule has 0 aromatic heterocycles. The van der Waals surface area contributed by atoms with Gasteiger partial charge in [0.2, 0.25) is 0 Å². The van der Waals surface area contributed by atoms with Crippen LogP contribution in [0, 0.1) is 43.4 Å². The minimum atomic E-state index is -4.00. The highest BCUT2D eigenvalue weighted by Crippen LogP contribution is 2.61. The molecule has 0 heterocycles. The Hall–Kier alpha value is -3.30. The van der Waals surface area contributed by atoms with Crippen LogP contribution in [0.15, 0.2) is 119 Å². The predicted molar refractivity (Wildman–Crippen MR) is 170 cm³/mol. The van der Waals surface area contributed by atoms with E-state index in [1.165, 1.54) is 11.1 Å². The van der Waals surface area contributed by atoms with Crippen LogP contribution in [-0.4, -0.2) is 30.0 Å². The highest BCUT2D eigenvalue weighted by Gasteiger charge is 2.57. The molecule has 2 fully saturated rings. The van der Waals surface area contributed by atoms with Crippen molar-refractivity contribution in [2.45, 2.75) is 42.4 Å². The topological polar surface area (TPSA) is 86.7 Å². The van der Waals surface area contributed by atoms with Gasteiger partial charge in [-0.1, -0.05) is 96.1 Å². The molecule has 2 bridgehead atoms. The van der Waals surface area contributed by atoms with E-state index < -0.39 is 20.2 Å². The molecule has 0 aliphatic heterocycles. The van der Waals surface area contributed by atoms with Crippen molar-refractivity contribution in [3.05, 3.63) is 131 Å². The molecule has 2 saturated carbocycles. The average Bonchev–Trinajstić information content (AvgIpc) is 3.56. The van der Waals surface area contributed by atoms with Gasteiger partial charge in [0.05, 0.1) is 23.0 Å². The van der Waals surface area contributed by atoms with Crippen LogP contribution >= 0.6 is 0 Å². The van der Waals surface area contributed by atoms with E-state index >= 15 is 0 Å². The number of fused-ring (bicyclic) bond motifs is 2. The molecule has 2 aliphatic rings. The summed E-state index contributed by atoms with van der Waals surface area (Å²) in [6, 6.07) is 34.0. The van der Waals surface area contributed by atoms with Gasteiger partial charge < -0.3 is 0 Å². The average molecular weight is 631 g/mol. The summed E-state index contributed by atoms with van der Waals surface area (Å²) in [5.74, 6) is 0.129. The van der Waals surface area contributed by atoms with Crippen molar-refractivity contribution < 1.29 is 25.2 Å². The monoisotopic (exact) mass is 630 g/mol. The van der Waals surface area contributed by atoms with Crippen molar-refractivity contribution in [3.8, 4) is 0 Å². The Morgan fingerprint density at radius 2 is 0.932 bits per heavy atom. The largest absolute Gasteiger partial charge is 0.296 e. The van der Waals surface area contributed by atoms with Gasteiger partial charge in [-0.15, -0.1) is 0 Å². The van der Waals surface area contributed by atoms with Crippen molar-refractivity contribution in [1.82, 2.24) is 0 Å². The lowest BCUT2D eigenvalue weighted by Crippen LogP contribution is -2.31. The molecule has 44 heavy (non-hydrogen) atoms. The summed E-state index contributed by atoms with van der Waals surface area (Å²) in [5.41, 5.74) is 4.31. The van der Waals surface area contributed by atoms with Crippen molar-refractivity contribution in [3.63, 3.8) is 0 Å². The molecule has 0 N–H and O–H groups in total. The second-order valence-corrected chi connectivity index (χ2v) is 15.4. The smallest absolute Gasteiger partial charge is 0.266 e. The number of hydrogen-bond donors (Lipinski definition) is 0. The second kappa shape index (κ2) is 12.6. The highest BCUT2D eigenvalue weighted by atomic mass is 32.2. The molecule has 4 aromatic carbocycles. The van der Waals surface area contributed by atoms with Gasteiger partial charge in [0.1, 0.15) is 0 Å². The summed E-state index contributed by atoms with van der Waals surface area (Å²) in [7, 11) is -7.99. The van der Waals surface area contributed by atoms with E-state index in [2.05, 4.69) is 24.3 Å². The number of aryl methyl sites for hydroxylation is 2. The van der Waals surface area contributed by atoms with Gasteiger partial charge in [-0.2, -0.15) is 16.8 Å². The van der Waals surface area contributed by atoms with Gasteiger partial charge in [0.25, 0.3) is 20.2 Å². The Balaban J connectivity index is 1.33. The zero-order chi connectivity index (χ0) is 30.9. The summed E-state index contributed by atoms with van der Waals surface area (Å²) in [4.78, 5) is 0.230. The van der Waals surface area contributed by atoms with Crippen LogP contribution in [0.5, 0.6) is 0 Å². The molecule has 4 atom stereocenters. The van der Waals surface area contributed by atoms with Gasteiger partial charge in [0, 0.05) is 5.92 Å². The first kappa shape index (κ1) is 30.7. The van der Waals surface area contributed by atoms with E-state index in [0.717, 1.165) is 24.0 Å². The summed E-state index contributed by atoms with van der Waals surface area (Å²) in [5, 5.41) is 0. The maximum absolute atomic E-state index is 13.3. The fourth-order valence-electron chi connectivity index (χ4n) is 7.55. The van der Waals surface area contributed by atoms with Crippen LogP contribution in [0.3, 0.4) is 0 Å². The standard InChI is InChI=1S/C36H38O6S2/c1-25-13-17-29(18-14-25)43(37,38)41-23-33-31-21-22-32(34(33)24-42-44(39,40)30-19-15-26(2)16-20-30)36(31)35(27-9-5-3-6-10-27)28-11-7-4-8-12-28/h3-20,31-36H,21-24H2,1-2H3. The molecule has 4 unspecified atom stereocenters. The number of rotatable bonds is 11. The van der Waals surface area contributed by atoms with Crippen LogP contribution in [0.2, 0.25) is 0 Å². The first-order valence-corrected chi connectivity index (χ1v) is 18.0. The molecule has 6 rings (SSSR count). The van der Waals surface area contributed by atoms with Crippen LogP contribution in [0.4, 0.5) is 0 Å². The van der Waals surface area contributed by atoms with Crippen LogP contribution < -0.4 is 0 Å². The minimum Gasteiger partial charge on any atom is -0.266 e. The Bertz CT molecular complexity index is 1640. The number of benzene rings is 4. The fraction of sp³-hybridized carbons (Fsp3) is 0.333. The Kier molecular flexibility index (Phi) is 8.79. The third-order valence-corrected chi connectivity index (χ3v) is 12.2. The van der Waals surface area contributed by atoms with Crippen molar-refractivity contribution >= 4 is 20.2 Å². The van der Waals surface area contributed by atoms with Gasteiger partial charge >= 0.3 is 0 Å². The molecule has 0 radical (unpaired) electrons. The maximum Gasteiger partial charge on any atom is 0.296 e. The minimum absolute atomic E-state index is 0.0250. The summed E-state index contributed by atoms with van der Waals surface area (Å²) < 4.78 is 64.5. The fourth-order valence-corrected chi connectivity index (χ4v) is 9.43. The Labute approximate surface area is 261 Å². The van der Waals surface area contributed by atoms with Gasteiger partial charge in [-0.25, -0.2) is 0 Å². The lowest BCUT2D eigenvalue weighted by molar-refractivity contribution is 0.101. The Morgan fingerprint density at radius 3 is 1.30 bits per heavy atom. The molecular weight excluding hydrogens is 593 g/mol. The molecule has 6 nitrogen and oxygen atoms in total. The predicted octanol–water partition coefficient (Wildman–Crippen LogP) is 7.13. The third-order valence-electron chi connectivity index (χ3n) is 9.62. The molecule has 230 valence electrons. The van der Waals surface area contributed by atoms with Gasteiger partial charge in [-0.3, -0.25) is 8.37 Å². The van der Waals surface area contributed by atoms with E-state index in [1.807, 2.05) is 50.2 Å². The number of hydrogen-bond acceptors (Lipinski definition) is 6. The third kappa shape index (κ3) is 6.26. The zero-order valence-corrected chi connectivity index (χ0v) is 26.6. The van der Waals surface area contributed by atoms with Crippen molar-refractivity contribution in [1.29, 1.82) is 0 Å². The Morgan fingerprint density at radius 1 is 0.568 bits per heavy atom. The summed E-state index contributed by atoms with van der Waals surface area (Å²) >= 11 is 0. The van der Waals surface area contributed by atoms with E-state index in [-0.39, 0.29) is 58.5 Å². The van der Waals surface area contributed by atoms with E-state index in [1.54, 1.807) is 48.5 Å². The molecular formula is C36H38O6S2. The molecule has 0 spiro atoms. The SMILES string of the molecule is Cc1ccc(S(=O)(=O)OCC2C(COS(=O)(=O)c3ccc(C)cc3)C3CCC2C3C(c2ccccc2)c2ccccc2)cc1. The molecule has 4 aromatic rings. The van der Waals surface area contributed by atoms with E-state index in [4.69, 9.17) is 8.37 Å². The van der Waals surface area contributed by atoms with Crippen molar-refractivity contribution in [2.75, 3.05) is 13.2 Å². The lowest BCUT2D eigenvalue weighted by Gasteiger charge is -2.30.